The second kappa shape index (κ2) is 27.2. The molecule has 0 aromatic rings. The second-order valence-electron chi connectivity index (χ2n) is 6.33. The third-order valence-electron chi connectivity index (χ3n) is 3.68. The van der Waals surface area contributed by atoms with Crippen LogP contribution in [0.1, 0.15) is 26.2 Å². The SMILES string of the molecule is CCCCOC(=O)CCOCCOCCOCCOCCOCCOCCOCCO. The molecule has 31 heavy (non-hydrogen) atoms. The summed E-state index contributed by atoms with van der Waals surface area (Å²) in [4.78, 5) is 11.3. The van der Waals surface area contributed by atoms with Crippen LogP contribution in [0.15, 0.2) is 0 Å². The smallest absolute Gasteiger partial charge is 0.308 e. The molecule has 0 amide bonds. The van der Waals surface area contributed by atoms with Crippen molar-refractivity contribution in [1.29, 1.82) is 0 Å². The highest BCUT2D eigenvalue weighted by Crippen LogP contribution is 1.93. The molecule has 186 valence electrons. The van der Waals surface area contributed by atoms with Crippen LogP contribution >= 0.6 is 0 Å². The van der Waals surface area contributed by atoms with E-state index in [1.54, 1.807) is 0 Å². The Morgan fingerprint density at radius 2 is 0.903 bits per heavy atom. The van der Waals surface area contributed by atoms with Crippen molar-refractivity contribution < 1.29 is 47.8 Å². The first-order chi connectivity index (χ1) is 15.3. The third kappa shape index (κ3) is 27.1. The maximum absolute atomic E-state index is 11.3. The summed E-state index contributed by atoms with van der Waals surface area (Å²) < 4.78 is 42.3. The number of carbonyl (C=O) groups excluding carboxylic acids is 1. The average Bonchev–Trinajstić information content (AvgIpc) is 2.77. The third-order valence-corrected chi connectivity index (χ3v) is 3.68. The van der Waals surface area contributed by atoms with Gasteiger partial charge in [0.15, 0.2) is 0 Å². The molecule has 1 N–H and O–H groups in total. The van der Waals surface area contributed by atoms with E-state index >= 15 is 0 Å². The number of hydrogen-bond acceptors (Lipinski definition) is 10. The summed E-state index contributed by atoms with van der Waals surface area (Å²) in [6.45, 7) is 9.08. The molecule has 0 radical (unpaired) electrons. The summed E-state index contributed by atoms with van der Waals surface area (Å²) in [5.74, 6) is -0.220. The Labute approximate surface area is 186 Å². The van der Waals surface area contributed by atoms with E-state index in [0.717, 1.165) is 12.8 Å². The Kier molecular flexibility index (Phi) is 26.4. The molecule has 0 unspecified atom stereocenters. The van der Waals surface area contributed by atoms with Crippen LogP contribution in [-0.4, -0.2) is 117 Å². The molecule has 0 aromatic heterocycles. The highest BCUT2D eigenvalue weighted by molar-refractivity contribution is 5.69. The van der Waals surface area contributed by atoms with Crippen molar-refractivity contribution in [3.8, 4) is 0 Å². The van der Waals surface area contributed by atoms with Gasteiger partial charge in [-0.1, -0.05) is 13.3 Å². The summed E-state index contributed by atoms with van der Waals surface area (Å²) in [6.07, 6.45) is 2.17. The fraction of sp³-hybridized carbons (Fsp3) is 0.952. The molecule has 0 saturated carbocycles. The number of aliphatic hydroxyl groups excluding tert-OH is 1. The first kappa shape index (κ1) is 30.1. The van der Waals surface area contributed by atoms with Gasteiger partial charge in [-0.25, -0.2) is 0 Å². The van der Waals surface area contributed by atoms with E-state index in [9.17, 15) is 4.79 Å². The number of ether oxygens (including phenoxy) is 8. The van der Waals surface area contributed by atoms with Gasteiger partial charge in [-0.15, -0.1) is 0 Å². The molecular formula is C21H42O10. The minimum Gasteiger partial charge on any atom is -0.466 e. The molecule has 0 aromatic carbocycles. The average molecular weight is 455 g/mol. The van der Waals surface area contributed by atoms with Crippen LogP contribution in [0.4, 0.5) is 0 Å². The topological polar surface area (TPSA) is 111 Å². The highest BCUT2D eigenvalue weighted by atomic mass is 16.6. The van der Waals surface area contributed by atoms with E-state index < -0.39 is 0 Å². The van der Waals surface area contributed by atoms with Gasteiger partial charge in [0.25, 0.3) is 0 Å². The molecule has 0 saturated heterocycles. The highest BCUT2D eigenvalue weighted by Gasteiger charge is 2.02. The van der Waals surface area contributed by atoms with Crippen molar-refractivity contribution in [3.05, 3.63) is 0 Å². The molecule has 10 heteroatoms. The zero-order valence-electron chi connectivity index (χ0n) is 19.1. The lowest BCUT2D eigenvalue weighted by Gasteiger charge is -2.08. The van der Waals surface area contributed by atoms with Crippen LogP contribution in [0.5, 0.6) is 0 Å². The van der Waals surface area contributed by atoms with Crippen LogP contribution in [0.3, 0.4) is 0 Å². The summed E-state index contributed by atoms with van der Waals surface area (Å²) in [7, 11) is 0. The molecule has 0 aliphatic carbocycles. The molecule has 0 fully saturated rings. The zero-order chi connectivity index (χ0) is 22.7. The predicted molar refractivity (Wildman–Crippen MR) is 113 cm³/mol. The minimum atomic E-state index is -0.220. The largest absolute Gasteiger partial charge is 0.466 e. The number of aliphatic hydroxyl groups is 1. The molecule has 0 atom stereocenters. The van der Waals surface area contributed by atoms with Crippen LogP contribution in [-0.2, 0) is 42.7 Å². The summed E-state index contributed by atoms with van der Waals surface area (Å²) in [5, 5.41) is 8.53. The number of rotatable bonds is 26. The van der Waals surface area contributed by atoms with E-state index in [1.807, 2.05) is 0 Å². The summed E-state index contributed by atoms with van der Waals surface area (Å²) in [5.41, 5.74) is 0. The van der Waals surface area contributed by atoms with Crippen molar-refractivity contribution in [2.75, 3.05) is 106 Å². The monoisotopic (exact) mass is 454 g/mol. The van der Waals surface area contributed by atoms with E-state index in [1.165, 1.54) is 0 Å². The number of hydrogen-bond donors (Lipinski definition) is 1. The van der Waals surface area contributed by atoms with Crippen LogP contribution in [0.2, 0.25) is 0 Å². The van der Waals surface area contributed by atoms with Crippen molar-refractivity contribution in [2.24, 2.45) is 0 Å². The van der Waals surface area contributed by atoms with Gasteiger partial charge in [-0.05, 0) is 6.42 Å². The number of unbranched alkanes of at least 4 members (excludes halogenated alkanes) is 1. The van der Waals surface area contributed by atoms with Crippen molar-refractivity contribution in [3.63, 3.8) is 0 Å². The fourth-order valence-electron chi connectivity index (χ4n) is 2.04. The molecule has 0 heterocycles. The van der Waals surface area contributed by atoms with E-state index in [4.69, 9.17) is 43.0 Å². The van der Waals surface area contributed by atoms with Gasteiger partial charge >= 0.3 is 5.97 Å². The van der Waals surface area contributed by atoms with Crippen molar-refractivity contribution in [2.45, 2.75) is 26.2 Å². The lowest BCUT2D eigenvalue weighted by Crippen LogP contribution is -2.15. The number of esters is 1. The van der Waals surface area contributed by atoms with Gasteiger partial charge in [0.05, 0.1) is 112 Å². The maximum Gasteiger partial charge on any atom is 0.308 e. The van der Waals surface area contributed by atoms with Crippen LogP contribution < -0.4 is 0 Å². The quantitative estimate of drug-likeness (QED) is 0.149. The minimum absolute atomic E-state index is 0.0262. The van der Waals surface area contributed by atoms with Gasteiger partial charge < -0.3 is 43.0 Å². The molecule has 0 bridgehead atoms. The van der Waals surface area contributed by atoms with Gasteiger partial charge in [-0.2, -0.15) is 0 Å². The Hall–Kier alpha value is -0.850. The van der Waals surface area contributed by atoms with Crippen LogP contribution in [0, 0.1) is 0 Å². The normalized spacial score (nSPS) is 11.2. The molecule has 0 aliphatic heterocycles. The number of carbonyl (C=O) groups is 1. The molecular weight excluding hydrogens is 412 g/mol. The van der Waals surface area contributed by atoms with E-state index in [-0.39, 0.29) is 19.0 Å². The predicted octanol–water partition coefficient (Wildman–Crippen LogP) is 0.828. The van der Waals surface area contributed by atoms with Crippen molar-refractivity contribution in [1.82, 2.24) is 0 Å². The Morgan fingerprint density at radius 1 is 0.548 bits per heavy atom. The maximum atomic E-state index is 11.3. The first-order valence-corrected chi connectivity index (χ1v) is 11.1. The molecule has 0 aliphatic rings. The standard InChI is InChI=1S/C21H42O10/c1-2-3-6-31-21(23)4-7-24-9-11-26-13-15-28-17-19-30-20-18-29-16-14-27-12-10-25-8-5-22/h22H,2-20H2,1H3. The zero-order valence-corrected chi connectivity index (χ0v) is 19.1. The lowest BCUT2D eigenvalue weighted by molar-refractivity contribution is -0.145. The van der Waals surface area contributed by atoms with E-state index in [0.29, 0.717) is 99.1 Å². The first-order valence-electron chi connectivity index (χ1n) is 11.1. The Balaban J connectivity index is 3.06. The summed E-state index contributed by atoms with van der Waals surface area (Å²) >= 11 is 0. The van der Waals surface area contributed by atoms with Gasteiger partial charge in [-0.3, -0.25) is 4.79 Å². The van der Waals surface area contributed by atoms with Crippen LogP contribution in [0.25, 0.3) is 0 Å². The van der Waals surface area contributed by atoms with Gasteiger partial charge in [0, 0.05) is 0 Å². The van der Waals surface area contributed by atoms with Gasteiger partial charge in [0.2, 0.25) is 0 Å². The van der Waals surface area contributed by atoms with Gasteiger partial charge in [0.1, 0.15) is 0 Å². The molecule has 0 spiro atoms. The molecule has 0 rings (SSSR count). The summed E-state index contributed by atoms with van der Waals surface area (Å²) in [6, 6.07) is 0. The van der Waals surface area contributed by atoms with Crippen molar-refractivity contribution >= 4 is 5.97 Å². The lowest BCUT2D eigenvalue weighted by atomic mass is 10.4. The van der Waals surface area contributed by atoms with E-state index in [2.05, 4.69) is 6.92 Å². The Bertz CT molecular complexity index is 357. The Morgan fingerprint density at radius 3 is 1.26 bits per heavy atom. The fourth-order valence-corrected chi connectivity index (χ4v) is 2.04. The molecule has 10 nitrogen and oxygen atoms in total. The second-order valence-corrected chi connectivity index (χ2v) is 6.33.